The Kier molecular flexibility index (Phi) is 3.56. The van der Waals surface area contributed by atoms with Gasteiger partial charge in [-0.15, -0.1) is 0 Å². The lowest BCUT2D eigenvalue weighted by Gasteiger charge is -2.16. The molecule has 1 aromatic rings. The third-order valence-electron chi connectivity index (χ3n) is 2.91. The van der Waals surface area contributed by atoms with Crippen molar-refractivity contribution in [1.29, 1.82) is 0 Å². The van der Waals surface area contributed by atoms with E-state index < -0.39 is 24.4 Å². The predicted octanol–water partition coefficient (Wildman–Crippen LogP) is 1.68. The molecule has 6 heteroatoms. The first-order chi connectivity index (χ1) is 8.49. The van der Waals surface area contributed by atoms with Gasteiger partial charge in [-0.3, -0.25) is 4.98 Å². The van der Waals surface area contributed by atoms with E-state index in [1.54, 1.807) is 12.4 Å². The fourth-order valence-electron chi connectivity index (χ4n) is 1.84. The molecule has 1 saturated heterocycles. The summed E-state index contributed by atoms with van der Waals surface area (Å²) in [5, 5.41) is 3.06. The van der Waals surface area contributed by atoms with Crippen molar-refractivity contribution in [3.05, 3.63) is 30.1 Å². The topological polar surface area (TPSA) is 51.2 Å². The maximum absolute atomic E-state index is 12.9. The van der Waals surface area contributed by atoms with Crippen LogP contribution >= 0.6 is 0 Å². The molecule has 1 aliphatic rings. The van der Waals surface area contributed by atoms with Gasteiger partial charge in [0.25, 0.3) is 0 Å². The Labute approximate surface area is 103 Å². The first-order valence-corrected chi connectivity index (χ1v) is 5.71. The second kappa shape index (κ2) is 4.97. The van der Waals surface area contributed by atoms with Crippen molar-refractivity contribution in [3.63, 3.8) is 0 Å². The van der Waals surface area contributed by atoms with Crippen molar-refractivity contribution in [2.75, 3.05) is 6.54 Å². The molecule has 0 aliphatic carbocycles. The van der Waals surface area contributed by atoms with E-state index in [1.807, 2.05) is 19.1 Å². The molecule has 2 rings (SSSR count). The second-order valence-electron chi connectivity index (χ2n) is 4.35. The number of hydrogen-bond donors (Lipinski definition) is 1. The van der Waals surface area contributed by atoms with Gasteiger partial charge in [-0.2, -0.15) is 8.78 Å². The third-order valence-corrected chi connectivity index (χ3v) is 2.91. The van der Waals surface area contributed by atoms with E-state index in [-0.39, 0.29) is 12.6 Å². The van der Waals surface area contributed by atoms with Crippen LogP contribution in [-0.2, 0) is 9.53 Å². The molecule has 0 spiro atoms. The number of carbonyl (C=O) groups is 1. The van der Waals surface area contributed by atoms with Crippen molar-refractivity contribution in [3.8, 4) is 0 Å². The minimum Gasteiger partial charge on any atom is -0.456 e. The van der Waals surface area contributed by atoms with Crippen LogP contribution in [0.1, 0.15) is 24.9 Å². The highest BCUT2D eigenvalue weighted by atomic mass is 19.3. The van der Waals surface area contributed by atoms with Crippen LogP contribution in [0.4, 0.5) is 8.78 Å². The summed E-state index contributed by atoms with van der Waals surface area (Å²) in [6.07, 6.45) is 2.01. The van der Waals surface area contributed by atoms with Crippen molar-refractivity contribution < 1.29 is 18.3 Å². The maximum Gasteiger partial charge on any atom is 0.377 e. The Morgan fingerprint density at radius 2 is 2.22 bits per heavy atom. The van der Waals surface area contributed by atoms with E-state index in [0.29, 0.717) is 0 Å². The SMILES string of the molecule is C[C@H](NCC1CC(F)(F)C(=O)O1)c1ccncc1. The molecule has 1 aromatic heterocycles. The molecule has 18 heavy (non-hydrogen) atoms. The Balaban J connectivity index is 1.85. The second-order valence-corrected chi connectivity index (χ2v) is 4.35. The fraction of sp³-hybridized carbons (Fsp3) is 0.500. The number of carbonyl (C=O) groups excluding carboxylic acids is 1. The Bertz CT molecular complexity index is 425. The third kappa shape index (κ3) is 2.81. The van der Waals surface area contributed by atoms with Gasteiger partial charge in [0.15, 0.2) is 0 Å². The van der Waals surface area contributed by atoms with Gasteiger partial charge in [0.1, 0.15) is 6.10 Å². The normalized spacial score (nSPS) is 23.7. The molecule has 4 nitrogen and oxygen atoms in total. The molecule has 0 bridgehead atoms. The fourth-order valence-corrected chi connectivity index (χ4v) is 1.84. The van der Waals surface area contributed by atoms with Crippen LogP contribution in [0.25, 0.3) is 0 Å². The molecule has 1 unspecified atom stereocenters. The average Bonchev–Trinajstić information content (AvgIpc) is 2.61. The van der Waals surface area contributed by atoms with Gasteiger partial charge in [-0.1, -0.05) is 0 Å². The summed E-state index contributed by atoms with van der Waals surface area (Å²) in [5.41, 5.74) is 1.00. The van der Waals surface area contributed by atoms with Gasteiger partial charge >= 0.3 is 11.9 Å². The van der Waals surface area contributed by atoms with E-state index in [1.165, 1.54) is 0 Å². The van der Waals surface area contributed by atoms with E-state index in [0.717, 1.165) is 5.56 Å². The molecule has 0 aromatic carbocycles. The smallest absolute Gasteiger partial charge is 0.377 e. The highest BCUT2D eigenvalue weighted by Gasteiger charge is 2.50. The molecule has 1 N–H and O–H groups in total. The lowest BCUT2D eigenvalue weighted by Crippen LogP contribution is -2.29. The Morgan fingerprint density at radius 1 is 1.56 bits per heavy atom. The van der Waals surface area contributed by atoms with Crippen molar-refractivity contribution in [2.45, 2.75) is 31.4 Å². The first-order valence-electron chi connectivity index (χ1n) is 5.71. The van der Waals surface area contributed by atoms with Crippen LogP contribution in [0.3, 0.4) is 0 Å². The van der Waals surface area contributed by atoms with Crippen molar-refractivity contribution >= 4 is 5.97 Å². The first kappa shape index (κ1) is 12.9. The van der Waals surface area contributed by atoms with E-state index in [9.17, 15) is 13.6 Å². The van der Waals surface area contributed by atoms with Gasteiger partial charge in [0.2, 0.25) is 0 Å². The minimum atomic E-state index is -3.34. The van der Waals surface area contributed by atoms with Crippen LogP contribution in [-0.4, -0.2) is 29.5 Å². The van der Waals surface area contributed by atoms with Gasteiger partial charge in [-0.25, -0.2) is 4.79 Å². The van der Waals surface area contributed by atoms with Crippen LogP contribution in [0.15, 0.2) is 24.5 Å². The van der Waals surface area contributed by atoms with Crippen molar-refractivity contribution in [1.82, 2.24) is 10.3 Å². The monoisotopic (exact) mass is 256 g/mol. The van der Waals surface area contributed by atoms with Crippen LogP contribution < -0.4 is 5.32 Å². The van der Waals surface area contributed by atoms with Crippen LogP contribution in [0, 0.1) is 0 Å². The molecule has 0 saturated carbocycles. The Hall–Kier alpha value is -1.56. The minimum absolute atomic E-state index is 0.0130. The number of rotatable bonds is 4. The van der Waals surface area contributed by atoms with E-state index >= 15 is 0 Å². The van der Waals surface area contributed by atoms with E-state index in [2.05, 4.69) is 15.0 Å². The summed E-state index contributed by atoms with van der Waals surface area (Å²) >= 11 is 0. The summed E-state index contributed by atoms with van der Waals surface area (Å²) in [6, 6.07) is 3.67. The lowest BCUT2D eigenvalue weighted by atomic mass is 10.1. The average molecular weight is 256 g/mol. The number of ether oxygens (including phenoxy) is 1. The zero-order chi connectivity index (χ0) is 13.2. The predicted molar refractivity (Wildman–Crippen MR) is 60.1 cm³/mol. The maximum atomic E-state index is 12.9. The summed E-state index contributed by atoms with van der Waals surface area (Å²) in [5.74, 6) is -4.77. The zero-order valence-corrected chi connectivity index (χ0v) is 9.90. The van der Waals surface area contributed by atoms with Gasteiger partial charge in [-0.05, 0) is 24.6 Å². The molecule has 98 valence electrons. The highest BCUT2D eigenvalue weighted by Crippen LogP contribution is 2.30. The van der Waals surface area contributed by atoms with Crippen LogP contribution in [0.5, 0.6) is 0 Å². The molecule has 1 aliphatic heterocycles. The molecular weight excluding hydrogens is 242 g/mol. The molecule has 1 fully saturated rings. The summed E-state index contributed by atoms with van der Waals surface area (Å²) in [4.78, 5) is 14.7. The number of alkyl halides is 2. The largest absolute Gasteiger partial charge is 0.456 e. The number of nitrogens with one attached hydrogen (secondary N) is 1. The number of cyclic esters (lactones) is 1. The zero-order valence-electron chi connectivity index (χ0n) is 9.90. The summed E-state index contributed by atoms with van der Waals surface area (Å²) in [6.45, 7) is 2.12. The number of aromatic nitrogens is 1. The summed E-state index contributed by atoms with van der Waals surface area (Å²) < 4.78 is 30.4. The van der Waals surface area contributed by atoms with Gasteiger partial charge < -0.3 is 10.1 Å². The van der Waals surface area contributed by atoms with Crippen LogP contribution in [0.2, 0.25) is 0 Å². The molecule has 2 atom stereocenters. The quantitative estimate of drug-likeness (QED) is 0.833. The molecule has 0 radical (unpaired) electrons. The van der Waals surface area contributed by atoms with Gasteiger partial charge in [0.05, 0.1) is 6.42 Å². The standard InChI is InChI=1S/C12H14F2N2O2/c1-8(9-2-4-15-5-3-9)16-7-10-6-12(13,14)11(17)18-10/h2-5,8,10,16H,6-7H2,1H3/t8-,10?/m0/s1. The molecule has 0 amide bonds. The number of esters is 1. The molecule has 2 heterocycles. The number of nitrogens with zero attached hydrogens (tertiary/aromatic N) is 1. The number of hydrogen-bond acceptors (Lipinski definition) is 4. The summed E-state index contributed by atoms with van der Waals surface area (Å²) in [7, 11) is 0. The molecular formula is C12H14F2N2O2. The Morgan fingerprint density at radius 3 is 2.78 bits per heavy atom. The van der Waals surface area contributed by atoms with Crippen molar-refractivity contribution in [2.24, 2.45) is 0 Å². The number of halogens is 2. The van der Waals surface area contributed by atoms with E-state index in [4.69, 9.17) is 0 Å². The van der Waals surface area contributed by atoms with Gasteiger partial charge in [0, 0.05) is 25.0 Å². The lowest BCUT2D eigenvalue weighted by molar-refractivity contribution is -0.159. The highest BCUT2D eigenvalue weighted by molar-refractivity contribution is 5.79. The number of pyridine rings is 1.